The molecule has 0 bridgehead atoms. The summed E-state index contributed by atoms with van der Waals surface area (Å²) in [6.45, 7) is 2.50. The van der Waals surface area contributed by atoms with Gasteiger partial charge in [-0.2, -0.15) is 8.78 Å². The summed E-state index contributed by atoms with van der Waals surface area (Å²) in [5.74, 6) is -3.29. The number of thiazole rings is 1. The second-order valence-corrected chi connectivity index (χ2v) is 8.56. The maximum Gasteiger partial charge on any atom is 0.320 e. The van der Waals surface area contributed by atoms with E-state index in [4.69, 9.17) is 4.98 Å². The van der Waals surface area contributed by atoms with Crippen LogP contribution in [-0.4, -0.2) is 51.5 Å². The van der Waals surface area contributed by atoms with Crippen molar-refractivity contribution in [1.82, 2.24) is 30.2 Å². The van der Waals surface area contributed by atoms with Crippen molar-refractivity contribution < 1.29 is 13.6 Å². The van der Waals surface area contributed by atoms with Gasteiger partial charge in [0.25, 0.3) is 0 Å². The lowest BCUT2D eigenvalue weighted by Crippen LogP contribution is -2.25. The van der Waals surface area contributed by atoms with Gasteiger partial charge in [-0.05, 0) is 13.1 Å². The van der Waals surface area contributed by atoms with Gasteiger partial charge in [0.2, 0.25) is 5.82 Å². The van der Waals surface area contributed by atoms with Crippen LogP contribution >= 0.6 is 11.3 Å². The molecule has 1 aliphatic heterocycles. The number of carbonyl (C=O) groups excluding carboxylic acids is 1. The Morgan fingerprint density at radius 1 is 1.25 bits per heavy atom. The number of alkyl halides is 2. The first-order valence-electron chi connectivity index (χ1n) is 9.87. The van der Waals surface area contributed by atoms with Crippen LogP contribution in [0.25, 0.3) is 10.6 Å². The summed E-state index contributed by atoms with van der Waals surface area (Å²) in [5.41, 5.74) is 2.25. The van der Waals surface area contributed by atoms with Crippen LogP contribution in [0.5, 0.6) is 0 Å². The molecule has 32 heavy (non-hydrogen) atoms. The molecule has 0 atom stereocenters. The summed E-state index contributed by atoms with van der Waals surface area (Å²) < 4.78 is 27.4. The largest absolute Gasteiger partial charge is 0.341 e. The van der Waals surface area contributed by atoms with Gasteiger partial charge in [0.1, 0.15) is 16.6 Å². The zero-order chi connectivity index (χ0) is 22.9. The van der Waals surface area contributed by atoms with Gasteiger partial charge < -0.3 is 15.5 Å². The molecule has 0 saturated carbocycles. The Morgan fingerprint density at radius 2 is 2.06 bits per heavy atom. The molecule has 0 aromatic carbocycles. The molecule has 12 heteroatoms. The molecular weight excluding hydrogens is 438 g/mol. The van der Waals surface area contributed by atoms with Crippen LogP contribution in [0.15, 0.2) is 24.5 Å². The molecule has 2 amide bonds. The number of likely N-dealkylation sites (N-methyl/N-ethyl adjacent to an activating group) is 1. The van der Waals surface area contributed by atoms with E-state index in [0.29, 0.717) is 11.3 Å². The number of rotatable bonds is 5. The number of urea groups is 1. The Labute approximate surface area is 187 Å². The number of fused-ring (bicyclic) bond motifs is 1. The average molecular weight is 461 g/mol. The first-order valence-corrected chi connectivity index (χ1v) is 10.7. The Bertz CT molecular complexity index is 1150. The highest BCUT2D eigenvalue weighted by atomic mass is 32.1. The highest BCUT2D eigenvalue weighted by molar-refractivity contribution is 7.15. The highest BCUT2D eigenvalue weighted by Crippen LogP contribution is 2.37. The minimum Gasteiger partial charge on any atom is -0.341 e. The van der Waals surface area contributed by atoms with Gasteiger partial charge in [0.05, 0.1) is 16.9 Å². The van der Waals surface area contributed by atoms with E-state index in [0.717, 1.165) is 37.1 Å². The van der Waals surface area contributed by atoms with Crippen LogP contribution in [0.3, 0.4) is 0 Å². The Kier molecular flexibility index (Phi) is 5.98. The van der Waals surface area contributed by atoms with Crippen LogP contribution in [0.2, 0.25) is 0 Å². The third-order valence-electron chi connectivity index (χ3n) is 4.84. The molecule has 4 heterocycles. The number of amides is 2. The van der Waals surface area contributed by atoms with Gasteiger partial charge in [-0.3, -0.25) is 5.32 Å². The van der Waals surface area contributed by atoms with Gasteiger partial charge in [0.15, 0.2) is 0 Å². The molecule has 168 valence electrons. The van der Waals surface area contributed by atoms with Crippen LogP contribution in [0, 0.1) is 0 Å². The van der Waals surface area contributed by atoms with Gasteiger partial charge in [-0.1, -0.05) is 0 Å². The molecule has 3 aromatic rings. The lowest BCUT2D eigenvalue weighted by atomic mass is 10.2. The van der Waals surface area contributed by atoms with Crippen molar-refractivity contribution >= 4 is 34.7 Å². The predicted molar refractivity (Wildman–Crippen MR) is 118 cm³/mol. The summed E-state index contributed by atoms with van der Waals surface area (Å²) in [4.78, 5) is 31.8. The Morgan fingerprint density at radius 3 is 2.81 bits per heavy atom. The molecule has 0 radical (unpaired) electrons. The Hall–Kier alpha value is -3.25. The Balaban J connectivity index is 1.73. The van der Waals surface area contributed by atoms with Crippen molar-refractivity contribution in [2.75, 3.05) is 31.3 Å². The summed E-state index contributed by atoms with van der Waals surface area (Å²) in [6, 6.07) is 2.68. The van der Waals surface area contributed by atoms with Crippen molar-refractivity contribution in [1.29, 1.82) is 0 Å². The lowest BCUT2D eigenvalue weighted by molar-refractivity contribution is 0.00782. The highest BCUT2D eigenvalue weighted by Gasteiger charge is 2.28. The standard InChI is InChI=1S/C20H22F2N8OS/c1-20(21,22)18-24-6-4-15(28-18)26-13-8-16(29-19(31)23-2)25-9-11(13)17-27-12-5-7-30(3)10-14(12)32-17/h4,6,8-9H,5,7,10H2,1-3H3,(H3,23,24,25,26,28,29,31). The summed E-state index contributed by atoms with van der Waals surface area (Å²) in [5, 5.41) is 8.89. The minimum atomic E-state index is -3.18. The molecule has 0 saturated heterocycles. The van der Waals surface area contributed by atoms with E-state index in [1.165, 1.54) is 24.2 Å². The second-order valence-electron chi connectivity index (χ2n) is 7.47. The molecule has 3 aromatic heterocycles. The number of carbonyl (C=O) groups is 1. The smallest absolute Gasteiger partial charge is 0.320 e. The van der Waals surface area contributed by atoms with Gasteiger partial charge >= 0.3 is 12.0 Å². The molecule has 0 spiro atoms. The molecule has 0 fully saturated rings. The van der Waals surface area contributed by atoms with Crippen LogP contribution < -0.4 is 16.0 Å². The maximum absolute atomic E-state index is 13.7. The second kappa shape index (κ2) is 8.71. The number of nitrogens with one attached hydrogen (secondary N) is 3. The van der Waals surface area contributed by atoms with Crippen LogP contribution in [0.1, 0.15) is 23.3 Å². The number of aromatic nitrogens is 4. The SMILES string of the molecule is CNC(=O)Nc1cc(Nc2ccnc(C(C)(F)F)n2)c(-c2nc3c(s2)CN(C)CC3)cn1. The molecule has 1 aliphatic rings. The summed E-state index contributed by atoms with van der Waals surface area (Å²) >= 11 is 1.56. The van der Waals surface area contributed by atoms with Crippen molar-refractivity contribution in [3.8, 4) is 10.6 Å². The zero-order valence-corrected chi connectivity index (χ0v) is 18.6. The van der Waals surface area contributed by atoms with E-state index in [2.05, 4.69) is 42.8 Å². The molecular formula is C20H22F2N8OS. The fourth-order valence-electron chi connectivity index (χ4n) is 3.19. The van der Waals surface area contributed by atoms with E-state index in [1.807, 2.05) is 0 Å². The van der Waals surface area contributed by atoms with Crippen molar-refractivity contribution in [3.63, 3.8) is 0 Å². The van der Waals surface area contributed by atoms with E-state index < -0.39 is 17.8 Å². The number of anilines is 3. The fraction of sp³-hybridized carbons (Fsp3) is 0.350. The van der Waals surface area contributed by atoms with E-state index in [9.17, 15) is 13.6 Å². The quantitative estimate of drug-likeness (QED) is 0.534. The topological polar surface area (TPSA) is 108 Å². The molecule has 4 rings (SSSR count). The van der Waals surface area contributed by atoms with Crippen LogP contribution in [-0.2, 0) is 18.9 Å². The number of halogens is 2. The van der Waals surface area contributed by atoms with E-state index in [1.54, 1.807) is 23.6 Å². The number of hydrogen-bond acceptors (Lipinski definition) is 8. The molecule has 0 aliphatic carbocycles. The summed E-state index contributed by atoms with van der Waals surface area (Å²) in [7, 11) is 3.56. The van der Waals surface area contributed by atoms with Crippen LogP contribution in [0.4, 0.5) is 30.9 Å². The predicted octanol–water partition coefficient (Wildman–Crippen LogP) is 3.59. The van der Waals surface area contributed by atoms with Gasteiger partial charge in [-0.25, -0.2) is 24.7 Å². The third-order valence-corrected chi connectivity index (χ3v) is 5.95. The minimum absolute atomic E-state index is 0.191. The molecule has 9 nitrogen and oxygen atoms in total. The third kappa shape index (κ3) is 4.81. The first-order chi connectivity index (χ1) is 15.2. The summed E-state index contributed by atoms with van der Waals surface area (Å²) in [6.07, 6.45) is 3.72. The monoisotopic (exact) mass is 460 g/mol. The fourth-order valence-corrected chi connectivity index (χ4v) is 4.40. The molecule has 3 N–H and O–H groups in total. The number of nitrogens with zero attached hydrogens (tertiary/aromatic N) is 5. The van der Waals surface area contributed by atoms with E-state index in [-0.39, 0.29) is 11.6 Å². The first kappa shape index (κ1) is 22.0. The normalized spacial score (nSPS) is 14.0. The van der Waals surface area contributed by atoms with E-state index >= 15 is 0 Å². The van der Waals surface area contributed by atoms with Gasteiger partial charge in [0, 0.05) is 56.8 Å². The zero-order valence-electron chi connectivity index (χ0n) is 17.7. The lowest BCUT2D eigenvalue weighted by Gasteiger charge is -2.20. The number of pyridine rings is 1. The van der Waals surface area contributed by atoms with Crippen molar-refractivity contribution in [3.05, 3.63) is 40.9 Å². The average Bonchev–Trinajstić information content (AvgIpc) is 3.16. The maximum atomic E-state index is 13.7. The van der Waals surface area contributed by atoms with Crippen molar-refractivity contribution in [2.45, 2.75) is 25.8 Å². The number of hydrogen-bond donors (Lipinski definition) is 3. The van der Waals surface area contributed by atoms with Gasteiger partial charge in [-0.15, -0.1) is 11.3 Å². The molecule has 0 unspecified atom stereocenters. The van der Waals surface area contributed by atoms with Crippen molar-refractivity contribution in [2.24, 2.45) is 0 Å².